The van der Waals surface area contributed by atoms with Crippen molar-refractivity contribution < 1.29 is 9.47 Å². The molecule has 0 radical (unpaired) electrons. The second-order valence-electron chi connectivity index (χ2n) is 11.1. The van der Waals surface area contributed by atoms with Crippen molar-refractivity contribution in [3.63, 3.8) is 0 Å². The lowest BCUT2D eigenvalue weighted by molar-refractivity contribution is 0.396. The summed E-state index contributed by atoms with van der Waals surface area (Å²) in [6.07, 6.45) is 0. The summed E-state index contributed by atoms with van der Waals surface area (Å²) < 4.78 is 12.0. The van der Waals surface area contributed by atoms with Crippen LogP contribution in [0.3, 0.4) is 0 Å². The van der Waals surface area contributed by atoms with Gasteiger partial charge in [0, 0.05) is 17.2 Å². The Kier molecular flexibility index (Phi) is 4.77. The summed E-state index contributed by atoms with van der Waals surface area (Å²) >= 11 is 0. The number of rotatable bonds is 4. The summed E-state index contributed by atoms with van der Waals surface area (Å²) in [5.74, 6) is 1.59. The maximum Gasteiger partial charge on any atom is 0.130 e. The highest BCUT2D eigenvalue weighted by Crippen LogP contribution is 2.53. The third-order valence-corrected chi connectivity index (χ3v) is 9.20. The fourth-order valence-corrected chi connectivity index (χ4v) is 7.41. The molecule has 0 fully saturated rings. The summed E-state index contributed by atoms with van der Waals surface area (Å²) in [6, 6.07) is 44.0. The van der Waals surface area contributed by atoms with E-state index < -0.39 is 0 Å². The van der Waals surface area contributed by atoms with Gasteiger partial charge in [0.2, 0.25) is 0 Å². The van der Waals surface area contributed by atoms with Gasteiger partial charge in [0.05, 0.1) is 14.2 Å². The van der Waals surface area contributed by atoms with Crippen LogP contribution in [0.15, 0.2) is 121 Å². The number of methoxy groups -OCH3 is 2. The van der Waals surface area contributed by atoms with E-state index in [1.807, 2.05) is 6.07 Å². The molecule has 0 bridgehead atoms. The maximum atomic E-state index is 6.02. The summed E-state index contributed by atoms with van der Waals surface area (Å²) in [7, 11) is 3.48. The molecule has 0 saturated carbocycles. The van der Waals surface area contributed by atoms with E-state index in [9.17, 15) is 0 Å². The molecule has 9 rings (SSSR count). The predicted octanol–water partition coefficient (Wildman–Crippen LogP) is 10.6. The van der Waals surface area contributed by atoms with Gasteiger partial charge in [0.25, 0.3) is 0 Å². The molecule has 0 aromatic heterocycles. The van der Waals surface area contributed by atoms with Crippen LogP contribution in [0.2, 0.25) is 0 Å². The Balaban J connectivity index is 1.31. The largest absolute Gasteiger partial charge is 0.496 e. The quantitative estimate of drug-likeness (QED) is 0.222. The van der Waals surface area contributed by atoms with Gasteiger partial charge >= 0.3 is 0 Å². The van der Waals surface area contributed by atoms with Crippen molar-refractivity contribution in [2.75, 3.05) is 14.2 Å². The average Bonchev–Trinajstić information content (AvgIpc) is 3.56. The molecule has 0 saturated heterocycles. The van der Waals surface area contributed by atoms with E-state index in [4.69, 9.17) is 9.47 Å². The Hall–Kier alpha value is -5.34. The van der Waals surface area contributed by atoms with E-state index in [0.29, 0.717) is 0 Å². The first-order valence-corrected chi connectivity index (χ1v) is 14.3. The van der Waals surface area contributed by atoms with E-state index in [0.717, 1.165) is 33.8 Å². The molecule has 0 aliphatic heterocycles. The molecule has 2 aliphatic rings. The van der Waals surface area contributed by atoms with Gasteiger partial charge in [-0.2, -0.15) is 0 Å². The fraction of sp³-hybridized carbons (Fsp3) is 0.0500. The molecule has 0 heterocycles. The Bertz CT molecular complexity index is 2060. The topological polar surface area (TPSA) is 18.5 Å². The van der Waals surface area contributed by atoms with Crippen molar-refractivity contribution in [1.29, 1.82) is 0 Å². The minimum absolute atomic E-state index is 0.796. The monoisotopic (exact) mass is 538 g/mol. The van der Waals surface area contributed by atoms with Crippen LogP contribution in [-0.4, -0.2) is 14.2 Å². The van der Waals surface area contributed by atoms with Gasteiger partial charge in [0.15, 0.2) is 0 Å². The molecule has 7 aromatic rings. The Labute approximate surface area is 244 Å². The van der Waals surface area contributed by atoms with Gasteiger partial charge in [-0.1, -0.05) is 109 Å². The fourth-order valence-electron chi connectivity index (χ4n) is 7.41. The van der Waals surface area contributed by atoms with E-state index in [1.165, 1.54) is 66.1 Å². The minimum atomic E-state index is 0.796. The highest BCUT2D eigenvalue weighted by atomic mass is 16.5. The zero-order chi connectivity index (χ0) is 27.9. The molecule has 42 heavy (non-hydrogen) atoms. The minimum Gasteiger partial charge on any atom is -0.496 e. The predicted molar refractivity (Wildman–Crippen MR) is 174 cm³/mol. The number of fused-ring (bicyclic) bond motifs is 6. The summed E-state index contributed by atoms with van der Waals surface area (Å²) in [5, 5.41) is 5.07. The standard InChI is InChI=1S/C40H26O2/c1-41-37-22-38(42-2)36(28-18-20-34-26-12-6-4-10-24(26)30-14-8-16-32(28)40(30)34)21-35(37)27-17-19-33-25-11-5-3-9-23(25)29-13-7-15-31(27)39(29)33/h3-22H,1-2H3. The number of ether oxygens (including phenoxy) is 2. The highest BCUT2D eigenvalue weighted by Gasteiger charge is 2.26. The lowest BCUT2D eigenvalue weighted by Gasteiger charge is -2.18. The van der Waals surface area contributed by atoms with Crippen LogP contribution in [0, 0.1) is 0 Å². The molecule has 0 atom stereocenters. The second-order valence-corrected chi connectivity index (χ2v) is 11.1. The third-order valence-electron chi connectivity index (χ3n) is 9.20. The molecule has 0 spiro atoms. The first-order chi connectivity index (χ1) is 20.8. The van der Waals surface area contributed by atoms with Crippen molar-refractivity contribution in [2.45, 2.75) is 0 Å². The molecule has 2 aliphatic carbocycles. The Morgan fingerprint density at radius 1 is 0.310 bits per heavy atom. The van der Waals surface area contributed by atoms with Crippen molar-refractivity contribution in [3.05, 3.63) is 121 Å². The molecular weight excluding hydrogens is 512 g/mol. The molecule has 0 unspecified atom stereocenters. The molecule has 198 valence electrons. The Morgan fingerprint density at radius 3 is 1.07 bits per heavy atom. The SMILES string of the molecule is COc1cc(OC)c(-c2ccc3c4c(cccc24)-c2ccccc2-3)cc1-c1ccc2c3c(cccc13)-c1ccccc1-2. The molecule has 0 N–H and O–H groups in total. The van der Waals surface area contributed by atoms with Crippen LogP contribution in [-0.2, 0) is 0 Å². The molecule has 0 amide bonds. The van der Waals surface area contributed by atoms with Crippen LogP contribution in [0.4, 0.5) is 0 Å². The van der Waals surface area contributed by atoms with Crippen LogP contribution in [0.25, 0.3) is 88.3 Å². The van der Waals surface area contributed by atoms with Gasteiger partial charge in [-0.15, -0.1) is 0 Å². The summed E-state index contributed by atoms with van der Waals surface area (Å²) in [4.78, 5) is 0. The van der Waals surface area contributed by atoms with Crippen molar-refractivity contribution in [1.82, 2.24) is 0 Å². The number of benzene rings is 7. The number of hydrogen-bond donors (Lipinski definition) is 0. The van der Waals surface area contributed by atoms with Crippen LogP contribution < -0.4 is 9.47 Å². The van der Waals surface area contributed by atoms with Gasteiger partial charge in [0.1, 0.15) is 11.5 Å². The first kappa shape index (κ1) is 23.4. The van der Waals surface area contributed by atoms with Gasteiger partial charge in [-0.25, -0.2) is 0 Å². The molecule has 2 heteroatoms. The van der Waals surface area contributed by atoms with Crippen LogP contribution in [0.1, 0.15) is 0 Å². The van der Waals surface area contributed by atoms with E-state index in [2.05, 4.69) is 115 Å². The van der Waals surface area contributed by atoms with Crippen LogP contribution in [0.5, 0.6) is 11.5 Å². The normalized spacial score (nSPS) is 12.0. The molecule has 2 nitrogen and oxygen atoms in total. The lowest BCUT2D eigenvalue weighted by atomic mass is 9.89. The van der Waals surface area contributed by atoms with Gasteiger partial charge in [-0.3, -0.25) is 0 Å². The average molecular weight is 539 g/mol. The Morgan fingerprint density at radius 2 is 0.667 bits per heavy atom. The smallest absolute Gasteiger partial charge is 0.130 e. The van der Waals surface area contributed by atoms with E-state index in [-0.39, 0.29) is 0 Å². The van der Waals surface area contributed by atoms with Crippen molar-refractivity contribution in [3.8, 4) is 78.3 Å². The first-order valence-electron chi connectivity index (χ1n) is 14.3. The highest BCUT2D eigenvalue weighted by molar-refractivity contribution is 6.20. The van der Waals surface area contributed by atoms with E-state index >= 15 is 0 Å². The second kappa shape index (κ2) is 8.58. The number of hydrogen-bond acceptors (Lipinski definition) is 2. The molecular formula is C40H26O2. The molecule has 7 aromatic carbocycles. The maximum absolute atomic E-state index is 6.02. The summed E-state index contributed by atoms with van der Waals surface area (Å²) in [5.41, 5.74) is 14.8. The van der Waals surface area contributed by atoms with E-state index in [1.54, 1.807) is 14.2 Å². The lowest BCUT2D eigenvalue weighted by Crippen LogP contribution is -1.95. The van der Waals surface area contributed by atoms with Crippen molar-refractivity contribution in [2.24, 2.45) is 0 Å². The summed E-state index contributed by atoms with van der Waals surface area (Å²) in [6.45, 7) is 0. The zero-order valence-corrected chi connectivity index (χ0v) is 23.4. The van der Waals surface area contributed by atoms with Gasteiger partial charge in [-0.05, 0) is 83.2 Å². The zero-order valence-electron chi connectivity index (χ0n) is 23.4. The van der Waals surface area contributed by atoms with Gasteiger partial charge < -0.3 is 9.47 Å². The third kappa shape index (κ3) is 2.99. The van der Waals surface area contributed by atoms with Crippen molar-refractivity contribution >= 4 is 21.5 Å². The van der Waals surface area contributed by atoms with Crippen LogP contribution >= 0.6 is 0 Å².